The molecule has 30 heavy (non-hydrogen) atoms. The summed E-state index contributed by atoms with van der Waals surface area (Å²) in [4.78, 5) is 18.6. The maximum absolute atomic E-state index is 11.3. The van der Waals surface area contributed by atoms with E-state index in [1.165, 1.54) is 31.8 Å². The number of hydrogen-bond donors (Lipinski definition) is 2. The Kier molecular flexibility index (Phi) is 6.26. The van der Waals surface area contributed by atoms with E-state index < -0.39 is 5.91 Å². The molecule has 0 aliphatic heterocycles. The van der Waals surface area contributed by atoms with E-state index in [0.29, 0.717) is 0 Å². The minimum atomic E-state index is -0.559. The molecule has 6 nitrogen and oxygen atoms in total. The number of fused-ring (bicyclic) bond motifs is 1. The summed E-state index contributed by atoms with van der Waals surface area (Å²) in [5.41, 5.74) is 6.53. The molecule has 0 spiro atoms. The minimum absolute atomic E-state index is 0.559. The Morgan fingerprint density at radius 1 is 1.30 bits per heavy atom. The van der Waals surface area contributed by atoms with Crippen LogP contribution in [0.2, 0.25) is 0 Å². The molecular weight excluding hydrogens is 376 g/mol. The fraction of sp³-hybridized carbons (Fsp3) is 0.333. The number of hydroxylamine groups is 1. The van der Waals surface area contributed by atoms with Crippen LogP contribution in [0, 0.1) is 5.92 Å². The molecular formula is C24H28N4O2. The van der Waals surface area contributed by atoms with Gasteiger partial charge in [-0.3, -0.25) is 10.0 Å². The predicted octanol–water partition coefficient (Wildman–Crippen LogP) is 4.14. The number of imidazole rings is 1. The number of pyridine rings is 1. The highest BCUT2D eigenvalue weighted by molar-refractivity contribution is 5.91. The van der Waals surface area contributed by atoms with Crippen molar-refractivity contribution in [1.29, 1.82) is 0 Å². The Labute approximate surface area is 176 Å². The van der Waals surface area contributed by atoms with Crippen molar-refractivity contribution in [2.24, 2.45) is 5.92 Å². The van der Waals surface area contributed by atoms with E-state index in [1.54, 1.807) is 11.6 Å². The molecule has 6 heteroatoms. The quantitative estimate of drug-likeness (QED) is 0.319. The molecule has 156 valence electrons. The molecule has 1 aromatic carbocycles. The second kappa shape index (κ2) is 9.24. The van der Waals surface area contributed by atoms with Crippen molar-refractivity contribution in [2.75, 3.05) is 13.6 Å². The zero-order chi connectivity index (χ0) is 20.9. The van der Waals surface area contributed by atoms with Crippen LogP contribution < -0.4 is 5.48 Å². The van der Waals surface area contributed by atoms with Gasteiger partial charge < -0.3 is 9.30 Å². The van der Waals surface area contributed by atoms with Crippen LogP contribution in [0.1, 0.15) is 36.9 Å². The summed E-state index contributed by atoms with van der Waals surface area (Å²) in [6.07, 6.45) is 10.3. The first-order valence-electron chi connectivity index (χ1n) is 10.5. The van der Waals surface area contributed by atoms with Gasteiger partial charge in [-0.15, -0.1) is 0 Å². The van der Waals surface area contributed by atoms with Crippen LogP contribution in [0.5, 0.6) is 0 Å². The highest BCUT2D eigenvalue weighted by Crippen LogP contribution is 2.33. The smallest absolute Gasteiger partial charge is 0.267 e. The summed E-state index contributed by atoms with van der Waals surface area (Å²) < 4.78 is 2.13. The molecule has 0 saturated heterocycles. The summed E-state index contributed by atoms with van der Waals surface area (Å²) in [6.45, 7) is 1.90. The second-order valence-corrected chi connectivity index (χ2v) is 8.09. The third kappa shape index (κ3) is 4.96. The largest absolute Gasteiger partial charge is 0.302 e. The Hall–Kier alpha value is -2.96. The molecule has 1 aliphatic carbocycles. The standard InChI is InChI=1S/C24H28N4O2/c1-27(14-5-6-18-9-10-18)17-21-24(20-7-3-2-4-8-20)25-22-16-19(13-15-28(21)22)11-12-23(29)26-30/h2-4,7-8,11-13,15-16,18,30H,5-6,9-10,14,17H2,1H3,(H,26,29)/b12-11+. The van der Waals surface area contributed by atoms with Gasteiger partial charge >= 0.3 is 0 Å². The van der Waals surface area contributed by atoms with Crippen LogP contribution in [-0.4, -0.2) is 39.0 Å². The number of amides is 1. The Morgan fingerprint density at radius 3 is 2.83 bits per heavy atom. The molecule has 0 bridgehead atoms. The average molecular weight is 405 g/mol. The molecule has 4 rings (SSSR count). The lowest BCUT2D eigenvalue weighted by molar-refractivity contribution is -0.124. The van der Waals surface area contributed by atoms with Crippen molar-refractivity contribution < 1.29 is 10.0 Å². The van der Waals surface area contributed by atoms with E-state index in [-0.39, 0.29) is 0 Å². The number of nitrogens with one attached hydrogen (secondary N) is 1. The number of rotatable bonds is 9. The molecule has 2 heterocycles. The van der Waals surface area contributed by atoms with Gasteiger partial charge in [0.25, 0.3) is 5.91 Å². The molecule has 2 aromatic heterocycles. The van der Waals surface area contributed by atoms with Crippen molar-refractivity contribution in [3.05, 3.63) is 66.0 Å². The highest BCUT2D eigenvalue weighted by Gasteiger charge is 2.21. The fourth-order valence-electron chi connectivity index (χ4n) is 3.79. The van der Waals surface area contributed by atoms with Crippen LogP contribution in [-0.2, 0) is 11.3 Å². The summed E-state index contributed by atoms with van der Waals surface area (Å²) in [7, 11) is 2.17. The van der Waals surface area contributed by atoms with Crippen LogP contribution in [0.3, 0.4) is 0 Å². The first-order chi connectivity index (χ1) is 14.6. The number of hydrogen-bond acceptors (Lipinski definition) is 4. The van der Waals surface area contributed by atoms with Crippen molar-refractivity contribution in [2.45, 2.75) is 32.2 Å². The maximum atomic E-state index is 11.3. The van der Waals surface area contributed by atoms with E-state index in [0.717, 1.165) is 47.2 Å². The first kappa shape index (κ1) is 20.3. The molecule has 1 fully saturated rings. The zero-order valence-electron chi connectivity index (χ0n) is 17.3. The number of aromatic nitrogens is 2. The van der Waals surface area contributed by atoms with Crippen molar-refractivity contribution in [3.8, 4) is 11.3 Å². The van der Waals surface area contributed by atoms with Gasteiger partial charge in [-0.05, 0) is 56.1 Å². The predicted molar refractivity (Wildman–Crippen MR) is 118 cm³/mol. The molecule has 0 atom stereocenters. The van der Waals surface area contributed by atoms with Crippen molar-refractivity contribution in [3.63, 3.8) is 0 Å². The summed E-state index contributed by atoms with van der Waals surface area (Å²) in [5.74, 6) is 0.408. The van der Waals surface area contributed by atoms with Crippen molar-refractivity contribution in [1.82, 2.24) is 19.8 Å². The molecule has 1 saturated carbocycles. The van der Waals surface area contributed by atoms with Crippen molar-refractivity contribution >= 4 is 17.6 Å². The van der Waals surface area contributed by atoms with Gasteiger partial charge in [0.15, 0.2) is 0 Å². The molecule has 2 N–H and O–H groups in total. The Morgan fingerprint density at radius 2 is 2.10 bits per heavy atom. The summed E-state index contributed by atoms with van der Waals surface area (Å²) >= 11 is 0. The molecule has 0 unspecified atom stereocenters. The van der Waals surface area contributed by atoms with Crippen LogP contribution in [0.15, 0.2) is 54.7 Å². The number of benzene rings is 1. The lowest BCUT2D eigenvalue weighted by Gasteiger charge is -2.17. The van der Waals surface area contributed by atoms with E-state index in [9.17, 15) is 4.79 Å². The van der Waals surface area contributed by atoms with Crippen LogP contribution >= 0.6 is 0 Å². The van der Waals surface area contributed by atoms with Gasteiger partial charge in [0.1, 0.15) is 5.65 Å². The third-order valence-electron chi connectivity index (χ3n) is 5.60. The minimum Gasteiger partial charge on any atom is -0.302 e. The number of nitrogens with zero attached hydrogens (tertiary/aromatic N) is 3. The van der Waals surface area contributed by atoms with E-state index >= 15 is 0 Å². The number of carbonyl (C=O) groups is 1. The van der Waals surface area contributed by atoms with Gasteiger partial charge in [-0.1, -0.05) is 43.2 Å². The Balaban J connectivity index is 1.62. The van der Waals surface area contributed by atoms with E-state index in [2.05, 4.69) is 28.5 Å². The highest BCUT2D eigenvalue weighted by atomic mass is 16.5. The fourth-order valence-corrected chi connectivity index (χ4v) is 3.79. The topological polar surface area (TPSA) is 69.9 Å². The molecule has 1 amide bonds. The molecule has 3 aromatic rings. The van der Waals surface area contributed by atoms with Gasteiger partial charge in [-0.2, -0.15) is 0 Å². The second-order valence-electron chi connectivity index (χ2n) is 8.09. The first-order valence-corrected chi connectivity index (χ1v) is 10.5. The lowest BCUT2D eigenvalue weighted by Crippen LogP contribution is -2.20. The van der Waals surface area contributed by atoms with E-state index in [4.69, 9.17) is 10.2 Å². The zero-order valence-corrected chi connectivity index (χ0v) is 17.3. The maximum Gasteiger partial charge on any atom is 0.267 e. The van der Waals surface area contributed by atoms with Gasteiger partial charge in [-0.25, -0.2) is 10.5 Å². The third-order valence-corrected chi connectivity index (χ3v) is 5.60. The van der Waals surface area contributed by atoms with Crippen LogP contribution in [0.4, 0.5) is 0 Å². The van der Waals surface area contributed by atoms with Gasteiger partial charge in [0, 0.05) is 24.4 Å². The van der Waals surface area contributed by atoms with Gasteiger partial charge in [0.05, 0.1) is 11.4 Å². The molecule has 1 aliphatic rings. The summed E-state index contributed by atoms with van der Waals surface area (Å²) in [6, 6.07) is 14.1. The van der Waals surface area contributed by atoms with E-state index in [1.807, 2.05) is 36.5 Å². The summed E-state index contributed by atoms with van der Waals surface area (Å²) in [5, 5.41) is 8.66. The van der Waals surface area contributed by atoms with Gasteiger partial charge in [0.2, 0.25) is 0 Å². The average Bonchev–Trinajstić information content (AvgIpc) is 3.53. The monoisotopic (exact) mass is 404 g/mol. The van der Waals surface area contributed by atoms with Crippen LogP contribution in [0.25, 0.3) is 23.0 Å². The molecule has 0 radical (unpaired) electrons. The normalized spacial score (nSPS) is 14.1. The Bertz CT molecular complexity index is 1040. The SMILES string of the molecule is CN(CCCC1CC1)Cc1c(-c2ccccc2)nc2cc(/C=C/C(=O)NO)ccn12. The lowest BCUT2D eigenvalue weighted by atomic mass is 10.1. The number of carbonyl (C=O) groups excluding carboxylic acids is 1.